The summed E-state index contributed by atoms with van der Waals surface area (Å²) >= 11 is 23.6. The number of halogens is 5. The van der Waals surface area contributed by atoms with Crippen LogP contribution in [0, 0.1) is 5.82 Å². The summed E-state index contributed by atoms with van der Waals surface area (Å²) in [6.07, 6.45) is 0. The first-order chi connectivity index (χ1) is 9.38. The number of benzene rings is 2. The zero-order valence-corrected chi connectivity index (χ0v) is 13.4. The van der Waals surface area contributed by atoms with Crippen LogP contribution in [0.25, 0.3) is 0 Å². The molecule has 0 saturated heterocycles. The number of hydrogen-bond acceptors (Lipinski definition) is 1. The van der Waals surface area contributed by atoms with E-state index in [1.807, 2.05) is 6.92 Å². The first kappa shape index (κ1) is 15.7. The highest BCUT2D eigenvalue weighted by atomic mass is 35.5. The Labute approximate surface area is 136 Å². The van der Waals surface area contributed by atoms with Gasteiger partial charge >= 0.3 is 0 Å². The highest BCUT2D eigenvalue weighted by Crippen LogP contribution is 2.34. The third kappa shape index (κ3) is 3.50. The van der Waals surface area contributed by atoms with E-state index in [-0.39, 0.29) is 11.1 Å². The fraction of sp³-hybridized carbons (Fsp3) is 0.143. The van der Waals surface area contributed by atoms with Gasteiger partial charge in [-0.15, -0.1) is 0 Å². The standard InChI is InChI=1S/C14H10Cl4FN/c1-7(8-2-3-9(15)13(19)4-8)20-14-6-11(17)10(16)5-12(14)18/h2-7,20H,1H3. The van der Waals surface area contributed by atoms with Crippen LogP contribution in [0.4, 0.5) is 10.1 Å². The Hall–Kier alpha value is -0.670. The Morgan fingerprint density at radius 3 is 2.20 bits per heavy atom. The van der Waals surface area contributed by atoms with Crippen LogP contribution in [0.15, 0.2) is 30.3 Å². The molecule has 1 N–H and O–H groups in total. The van der Waals surface area contributed by atoms with Gasteiger partial charge in [-0.1, -0.05) is 52.5 Å². The lowest BCUT2D eigenvalue weighted by atomic mass is 10.1. The lowest BCUT2D eigenvalue weighted by Gasteiger charge is -2.17. The van der Waals surface area contributed by atoms with Crippen LogP contribution in [-0.4, -0.2) is 0 Å². The van der Waals surface area contributed by atoms with Gasteiger partial charge in [-0.25, -0.2) is 4.39 Å². The zero-order valence-electron chi connectivity index (χ0n) is 10.4. The molecule has 0 aliphatic heterocycles. The molecule has 106 valence electrons. The quantitative estimate of drug-likeness (QED) is 0.612. The summed E-state index contributed by atoms with van der Waals surface area (Å²) < 4.78 is 13.5. The van der Waals surface area contributed by atoms with E-state index in [0.717, 1.165) is 5.56 Å². The Kier molecular flexibility index (Phi) is 5.03. The average Bonchev–Trinajstić information content (AvgIpc) is 2.39. The SMILES string of the molecule is CC(Nc1cc(Cl)c(Cl)cc1Cl)c1ccc(Cl)c(F)c1. The van der Waals surface area contributed by atoms with Crippen LogP contribution >= 0.6 is 46.4 Å². The van der Waals surface area contributed by atoms with Gasteiger partial charge in [0.2, 0.25) is 0 Å². The molecular weight excluding hydrogens is 343 g/mol. The molecule has 0 radical (unpaired) electrons. The Bertz CT molecular complexity index is 645. The van der Waals surface area contributed by atoms with E-state index >= 15 is 0 Å². The van der Waals surface area contributed by atoms with Gasteiger partial charge in [0, 0.05) is 6.04 Å². The molecule has 0 aromatic heterocycles. The molecule has 0 aliphatic carbocycles. The summed E-state index contributed by atoms with van der Waals surface area (Å²) in [4.78, 5) is 0. The molecule has 0 heterocycles. The Morgan fingerprint density at radius 2 is 1.55 bits per heavy atom. The molecule has 0 aliphatic rings. The second-order valence-electron chi connectivity index (χ2n) is 4.29. The van der Waals surface area contributed by atoms with Gasteiger partial charge in [0.25, 0.3) is 0 Å². The van der Waals surface area contributed by atoms with Crippen molar-refractivity contribution < 1.29 is 4.39 Å². The normalized spacial score (nSPS) is 12.3. The fourth-order valence-electron chi connectivity index (χ4n) is 1.73. The molecule has 2 aromatic carbocycles. The van der Waals surface area contributed by atoms with Crippen LogP contribution in [0.3, 0.4) is 0 Å². The van der Waals surface area contributed by atoms with Gasteiger partial charge in [0.1, 0.15) is 5.82 Å². The molecule has 2 aromatic rings. The molecule has 0 fully saturated rings. The molecular formula is C14H10Cl4FN. The van der Waals surface area contributed by atoms with E-state index in [0.29, 0.717) is 20.8 Å². The van der Waals surface area contributed by atoms with Crippen molar-refractivity contribution in [1.29, 1.82) is 0 Å². The molecule has 0 saturated carbocycles. The van der Waals surface area contributed by atoms with Gasteiger partial charge in [-0.3, -0.25) is 0 Å². The summed E-state index contributed by atoms with van der Waals surface area (Å²) in [7, 11) is 0. The van der Waals surface area contributed by atoms with E-state index in [1.54, 1.807) is 18.2 Å². The monoisotopic (exact) mass is 351 g/mol. The minimum Gasteiger partial charge on any atom is -0.377 e. The largest absolute Gasteiger partial charge is 0.377 e. The zero-order chi connectivity index (χ0) is 14.9. The molecule has 0 bridgehead atoms. The number of hydrogen-bond donors (Lipinski definition) is 1. The topological polar surface area (TPSA) is 12.0 Å². The van der Waals surface area contributed by atoms with Crippen LogP contribution in [-0.2, 0) is 0 Å². The second kappa shape index (κ2) is 6.40. The molecule has 1 unspecified atom stereocenters. The first-order valence-corrected chi connectivity index (χ1v) is 7.25. The van der Waals surface area contributed by atoms with Crippen molar-refractivity contribution in [2.75, 3.05) is 5.32 Å². The molecule has 1 nitrogen and oxygen atoms in total. The average molecular weight is 353 g/mol. The van der Waals surface area contributed by atoms with Gasteiger partial charge in [-0.05, 0) is 36.8 Å². The molecule has 0 amide bonds. The highest BCUT2D eigenvalue weighted by molar-refractivity contribution is 6.44. The Balaban J connectivity index is 2.25. The van der Waals surface area contributed by atoms with Crippen molar-refractivity contribution in [3.8, 4) is 0 Å². The van der Waals surface area contributed by atoms with Crippen LogP contribution in [0.1, 0.15) is 18.5 Å². The van der Waals surface area contributed by atoms with Gasteiger partial charge in [0.05, 0.1) is 25.8 Å². The Morgan fingerprint density at radius 1 is 0.900 bits per heavy atom. The molecule has 6 heteroatoms. The number of anilines is 1. The van der Waals surface area contributed by atoms with E-state index in [1.165, 1.54) is 12.1 Å². The second-order valence-corrected chi connectivity index (χ2v) is 5.91. The minimum atomic E-state index is -0.460. The van der Waals surface area contributed by atoms with Crippen LogP contribution in [0.5, 0.6) is 0 Å². The van der Waals surface area contributed by atoms with E-state index < -0.39 is 5.82 Å². The van der Waals surface area contributed by atoms with Crippen LogP contribution < -0.4 is 5.32 Å². The first-order valence-electron chi connectivity index (χ1n) is 5.74. The summed E-state index contributed by atoms with van der Waals surface area (Å²) in [6.45, 7) is 1.88. The predicted molar refractivity (Wildman–Crippen MR) is 84.9 cm³/mol. The van der Waals surface area contributed by atoms with Gasteiger partial charge in [0.15, 0.2) is 0 Å². The van der Waals surface area contributed by atoms with E-state index in [9.17, 15) is 4.39 Å². The van der Waals surface area contributed by atoms with Crippen molar-refractivity contribution in [1.82, 2.24) is 0 Å². The third-order valence-electron chi connectivity index (χ3n) is 2.83. The minimum absolute atomic E-state index is 0.0912. The lowest BCUT2D eigenvalue weighted by Crippen LogP contribution is -2.07. The molecule has 20 heavy (non-hydrogen) atoms. The number of nitrogens with one attached hydrogen (secondary N) is 1. The number of rotatable bonds is 3. The third-order valence-corrected chi connectivity index (χ3v) is 4.17. The van der Waals surface area contributed by atoms with Gasteiger partial charge in [-0.2, -0.15) is 0 Å². The van der Waals surface area contributed by atoms with Crippen molar-refractivity contribution in [2.24, 2.45) is 0 Å². The maximum atomic E-state index is 13.5. The predicted octanol–water partition coefficient (Wildman–Crippen LogP) is 6.61. The molecule has 2 rings (SSSR count). The van der Waals surface area contributed by atoms with Crippen LogP contribution in [0.2, 0.25) is 20.1 Å². The smallest absolute Gasteiger partial charge is 0.142 e. The van der Waals surface area contributed by atoms with Crippen molar-refractivity contribution >= 4 is 52.1 Å². The summed E-state index contributed by atoms with van der Waals surface area (Å²) in [5.41, 5.74) is 1.37. The molecule has 0 spiro atoms. The summed E-state index contributed by atoms with van der Waals surface area (Å²) in [5.74, 6) is -0.460. The summed E-state index contributed by atoms with van der Waals surface area (Å²) in [6, 6.07) is 7.66. The van der Waals surface area contributed by atoms with E-state index in [2.05, 4.69) is 5.32 Å². The molecule has 1 atom stereocenters. The van der Waals surface area contributed by atoms with Gasteiger partial charge < -0.3 is 5.32 Å². The maximum absolute atomic E-state index is 13.5. The summed E-state index contributed by atoms with van der Waals surface area (Å²) in [5, 5.41) is 4.47. The van der Waals surface area contributed by atoms with Crippen molar-refractivity contribution in [3.63, 3.8) is 0 Å². The lowest BCUT2D eigenvalue weighted by molar-refractivity contribution is 0.624. The van der Waals surface area contributed by atoms with Crippen molar-refractivity contribution in [3.05, 3.63) is 61.8 Å². The maximum Gasteiger partial charge on any atom is 0.142 e. The van der Waals surface area contributed by atoms with Crippen molar-refractivity contribution in [2.45, 2.75) is 13.0 Å². The van der Waals surface area contributed by atoms with E-state index in [4.69, 9.17) is 46.4 Å². The fourth-order valence-corrected chi connectivity index (χ4v) is 2.45. The highest BCUT2D eigenvalue weighted by Gasteiger charge is 2.12.